The SMILES string of the molecule is COCCN(CCC(=O)Nc1nnc(-c2ccc(OC)cc2)s1)C(=O)C(C)Cl. The number of rotatable bonds is 10. The van der Waals surface area contributed by atoms with E-state index >= 15 is 0 Å². The average molecular weight is 427 g/mol. The summed E-state index contributed by atoms with van der Waals surface area (Å²) in [4.78, 5) is 25.8. The van der Waals surface area contributed by atoms with Crippen LogP contribution in [0, 0.1) is 0 Å². The summed E-state index contributed by atoms with van der Waals surface area (Å²) >= 11 is 7.14. The number of amides is 2. The van der Waals surface area contributed by atoms with Gasteiger partial charge in [-0.2, -0.15) is 0 Å². The fourth-order valence-corrected chi connectivity index (χ4v) is 3.23. The molecule has 1 unspecified atom stereocenters. The lowest BCUT2D eigenvalue weighted by Gasteiger charge is -2.23. The molecule has 0 fully saturated rings. The number of ether oxygens (including phenoxy) is 2. The number of nitrogens with one attached hydrogen (secondary N) is 1. The molecule has 1 heterocycles. The summed E-state index contributed by atoms with van der Waals surface area (Å²) in [5.41, 5.74) is 0.881. The maximum Gasteiger partial charge on any atom is 0.240 e. The summed E-state index contributed by atoms with van der Waals surface area (Å²) in [5.74, 6) is 0.264. The highest BCUT2D eigenvalue weighted by atomic mass is 35.5. The van der Waals surface area contributed by atoms with Crippen LogP contribution in [0.25, 0.3) is 10.6 Å². The molecule has 1 aromatic carbocycles. The Balaban J connectivity index is 1.91. The van der Waals surface area contributed by atoms with Gasteiger partial charge in [-0.05, 0) is 31.2 Å². The first-order valence-electron chi connectivity index (χ1n) is 8.64. The van der Waals surface area contributed by atoms with Gasteiger partial charge >= 0.3 is 0 Å². The number of carbonyl (C=O) groups is 2. The Morgan fingerprint density at radius 3 is 2.54 bits per heavy atom. The van der Waals surface area contributed by atoms with Gasteiger partial charge in [0, 0.05) is 32.2 Å². The number of hydrogen-bond acceptors (Lipinski definition) is 7. The monoisotopic (exact) mass is 426 g/mol. The molecule has 0 saturated heterocycles. The van der Waals surface area contributed by atoms with Crippen molar-refractivity contribution in [3.63, 3.8) is 0 Å². The van der Waals surface area contributed by atoms with Gasteiger partial charge < -0.3 is 19.7 Å². The van der Waals surface area contributed by atoms with Crippen molar-refractivity contribution in [1.29, 1.82) is 0 Å². The lowest BCUT2D eigenvalue weighted by Crippen LogP contribution is -2.39. The van der Waals surface area contributed by atoms with Crippen LogP contribution in [-0.2, 0) is 14.3 Å². The van der Waals surface area contributed by atoms with Crippen molar-refractivity contribution in [2.75, 3.05) is 39.2 Å². The first-order chi connectivity index (χ1) is 13.4. The molecule has 0 saturated carbocycles. The van der Waals surface area contributed by atoms with Gasteiger partial charge in [0.25, 0.3) is 0 Å². The van der Waals surface area contributed by atoms with Crippen LogP contribution in [0.15, 0.2) is 24.3 Å². The van der Waals surface area contributed by atoms with Crippen molar-refractivity contribution >= 4 is 39.9 Å². The normalized spacial score (nSPS) is 11.7. The first-order valence-corrected chi connectivity index (χ1v) is 9.89. The quantitative estimate of drug-likeness (QED) is 0.587. The van der Waals surface area contributed by atoms with Crippen molar-refractivity contribution in [2.45, 2.75) is 18.7 Å². The second-order valence-corrected chi connectivity index (χ2v) is 7.51. The third-order valence-corrected chi connectivity index (χ3v) is 4.91. The molecule has 2 amide bonds. The number of anilines is 1. The number of methoxy groups -OCH3 is 2. The Morgan fingerprint density at radius 2 is 1.93 bits per heavy atom. The molecule has 1 atom stereocenters. The van der Waals surface area contributed by atoms with Gasteiger partial charge in [0.15, 0.2) is 0 Å². The number of carbonyl (C=O) groups excluding carboxylic acids is 2. The van der Waals surface area contributed by atoms with Crippen molar-refractivity contribution < 1.29 is 19.1 Å². The zero-order chi connectivity index (χ0) is 20.5. The van der Waals surface area contributed by atoms with E-state index in [-0.39, 0.29) is 24.8 Å². The third kappa shape index (κ3) is 6.43. The number of halogens is 1. The van der Waals surface area contributed by atoms with Gasteiger partial charge in [-0.25, -0.2) is 0 Å². The smallest absolute Gasteiger partial charge is 0.240 e. The van der Waals surface area contributed by atoms with Crippen molar-refractivity contribution in [1.82, 2.24) is 15.1 Å². The predicted molar refractivity (Wildman–Crippen MR) is 109 cm³/mol. The van der Waals surface area contributed by atoms with Gasteiger partial charge in [-0.1, -0.05) is 11.3 Å². The van der Waals surface area contributed by atoms with E-state index in [0.717, 1.165) is 11.3 Å². The zero-order valence-electron chi connectivity index (χ0n) is 16.0. The molecule has 152 valence electrons. The number of hydrogen-bond donors (Lipinski definition) is 1. The molecule has 28 heavy (non-hydrogen) atoms. The maximum atomic E-state index is 12.2. The van der Waals surface area contributed by atoms with E-state index in [1.165, 1.54) is 16.2 Å². The highest BCUT2D eigenvalue weighted by molar-refractivity contribution is 7.18. The number of nitrogens with zero attached hydrogens (tertiary/aromatic N) is 3. The Bertz CT molecular complexity index is 782. The topological polar surface area (TPSA) is 93.7 Å². The first kappa shape index (κ1) is 22.1. The van der Waals surface area contributed by atoms with E-state index < -0.39 is 5.38 Å². The predicted octanol–water partition coefficient (Wildman–Crippen LogP) is 2.64. The lowest BCUT2D eigenvalue weighted by molar-refractivity contribution is -0.131. The standard InChI is InChI=1S/C18H23ClN4O4S/c1-12(19)17(25)23(10-11-26-2)9-8-15(24)20-18-22-21-16(28-18)13-4-6-14(27-3)7-5-13/h4-7,12H,8-11H2,1-3H3,(H,20,22,24). The van der Waals surface area contributed by atoms with Gasteiger partial charge in [0.05, 0.1) is 13.7 Å². The summed E-state index contributed by atoms with van der Waals surface area (Å²) in [6.45, 7) is 2.60. The molecule has 0 spiro atoms. The van der Waals surface area contributed by atoms with Crippen LogP contribution in [0.5, 0.6) is 5.75 Å². The van der Waals surface area contributed by atoms with Crippen LogP contribution < -0.4 is 10.1 Å². The Kier molecular flexibility index (Phi) is 8.62. The molecular formula is C18H23ClN4O4S. The average Bonchev–Trinajstić information content (AvgIpc) is 3.16. The van der Waals surface area contributed by atoms with Crippen molar-refractivity contribution in [3.05, 3.63) is 24.3 Å². The van der Waals surface area contributed by atoms with Crippen molar-refractivity contribution in [3.8, 4) is 16.3 Å². The van der Waals surface area contributed by atoms with Crippen LogP contribution in [0.3, 0.4) is 0 Å². The Morgan fingerprint density at radius 1 is 1.21 bits per heavy atom. The second kappa shape index (κ2) is 10.9. The van der Waals surface area contributed by atoms with Crippen LogP contribution in [-0.4, -0.2) is 66.2 Å². The van der Waals surface area contributed by atoms with E-state index in [2.05, 4.69) is 15.5 Å². The number of benzene rings is 1. The molecule has 0 bridgehead atoms. The van der Waals surface area contributed by atoms with E-state index in [4.69, 9.17) is 21.1 Å². The summed E-state index contributed by atoms with van der Waals surface area (Å²) < 4.78 is 10.1. The lowest BCUT2D eigenvalue weighted by atomic mass is 10.2. The highest BCUT2D eigenvalue weighted by Gasteiger charge is 2.19. The third-order valence-electron chi connectivity index (χ3n) is 3.83. The van der Waals surface area contributed by atoms with Gasteiger partial charge in [0.2, 0.25) is 16.9 Å². The fraction of sp³-hybridized carbons (Fsp3) is 0.444. The molecule has 1 aromatic heterocycles. The molecule has 0 radical (unpaired) electrons. The van der Waals surface area contributed by atoms with E-state index in [9.17, 15) is 9.59 Å². The van der Waals surface area contributed by atoms with E-state index in [0.29, 0.717) is 23.3 Å². The zero-order valence-corrected chi connectivity index (χ0v) is 17.5. The molecule has 0 aliphatic heterocycles. The number of alkyl halides is 1. The molecule has 0 aliphatic rings. The fourth-order valence-electron chi connectivity index (χ4n) is 2.33. The largest absolute Gasteiger partial charge is 0.497 e. The molecule has 2 aromatic rings. The minimum absolute atomic E-state index is 0.122. The number of aromatic nitrogens is 2. The van der Waals surface area contributed by atoms with Crippen LogP contribution >= 0.6 is 22.9 Å². The minimum atomic E-state index is -0.657. The summed E-state index contributed by atoms with van der Waals surface area (Å²) in [7, 11) is 3.15. The van der Waals surface area contributed by atoms with Gasteiger partial charge in [0.1, 0.15) is 16.1 Å². The molecular weight excluding hydrogens is 404 g/mol. The highest BCUT2D eigenvalue weighted by Crippen LogP contribution is 2.27. The molecule has 10 heteroatoms. The minimum Gasteiger partial charge on any atom is -0.497 e. The molecule has 0 aliphatic carbocycles. The Labute approximate surface area is 172 Å². The maximum absolute atomic E-state index is 12.2. The Hall–Kier alpha value is -2.23. The van der Waals surface area contributed by atoms with Gasteiger partial charge in [-0.3, -0.25) is 9.59 Å². The van der Waals surface area contributed by atoms with Gasteiger partial charge in [-0.15, -0.1) is 21.8 Å². The van der Waals surface area contributed by atoms with E-state index in [1.807, 2.05) is 24.3 Å². The summed E-state index contributed by atoms with van der Waals surface area (Å²) in [6.07, 6.45) is 0.122. The van der Waals surface area contributed by atoms with Crippen LogP contribution in [0.2, 0.25) is 0 Å². The molecule has 2 rings (SSSR count). The van der Waals surface area contributed by atoms with E-state index in [1.54, 1.807) is 21.1 Å². The summed E-state index contributed by atoms with van der Waals surface area (Å²) in [6, 6.07) is 7.41. The molecule has 8 nitrogen and oxygen atoms in total. The molecule has 1 N–H and O–H groups in total. The van der Waals surface area contributed by atoms with Crippen molar-refractivity contribution in [2.24, 2.45) is 0 Å². The van der Waals surface area contributed by atoms with Crippen LogP contribution in [0.4, 0.5) is 5.13 Å². The van der Waals surface area contributed by atoms with Crippen LogP contribution in [0.1, 0.15) is 13.3 Å². The summed E-state index contributed by atoms with van der Waals surface area (Å²) in [5, 5.41) is 11.2. The second-order valence-electron chi connectivity index (χ2n) is 5.87.